The van der Waals surface area contributed by atoms with Gasteiger partial charge in [0.1, 0.15) is 5.82 Å². The molecule has 0 aromatic heterocycles. The molecule has 0 saturated heterocycles. The number of amides is 1. The molecular weight excluding hydrogens is 345 g/mol. The van der Waals surface area contributed by atoms with Crippen LogP contribution < -0.4 is 4.90 Å². The number of aliphatic imine (C=N–C) groups is 1. The van der Waals surface area contributed by atoms with E-state index >= 15 is 0 Å². The minimum atomic E-state index is -1.69. The fourth-order valence-corrected chi connectivity index (χ4v) is 2.87. The normalized spacial score (nSPS) is 16.7. The smallest absolute Gasteiger partial charge is 0.278 e. The van der Waals surface area contributed by atoms with Gasteiger partial charge in [0.15, 0.2) is 0 Å². The zero-order chi connectivity index (χ0) is 18.0. The second-order valence-electron chi connectivity index (χ2n) is 5.39. The third kappa shape index (κ3) is 3.25. The van der Waals surface area contributed by atoms with Crippen LogP contribution in [-0.2, 0) is 4.79 Å². The van der Waals surface area contributed by atoms with Crippen molar-refractivity contribution in [3.8, 4) is 6.07 Å². The van der Waals surface area contributed by atoms with Crippen LogP contribution in [0.15, 0.2) is 47.5 Å². The number of benzodiazepines with no additional fused rings is 1. The first kappa shape index (κ1) is 17.1. The molecule has 1 atom stereocenters. The van der Waals surface area contributed by atoms with Gasteiger partial charge in [0.2, 0.25) is 6.23 Å². The van der Waals surface area contributed by atoms with Crippen molar-refractivity contribution in [1.29, 1.82) is 5.26 Å². The zero-order valence-electron chi connectivity index (χ0n) is 13.0. The van der Waals surface area contributed by atoms with Crippen LogP contribution in [0.3, 0.4) is 0 Å². The summed E-state index contributed by atoms with van der Waals surface area (Å²) < 4.78 is 14.3. The predicted molar refractivity (Wildman–Crippen MR) is 92.1 cm³/mol. The maximum absolute atomic E-state index is 14.3. The van der Waals surface area contributed by atoms with Crippen molar-refractivity contribution in [2.24, 2.45) is 4.99 Å². The molecule has 1 amide bonds. The molecule has 3 rings (SSSR count). The molecule has 0 spiro atoms. The Hall–Kier alpha value is -2.75. The van der Waals surface area contributed by atoms with E-state index in [1.807, 2.05) is 6.07 Å². The number of benzene rings is 2. The molecule has 1 N–H and O–H groups in total. The van der Waals surface area contributed by atoms with Crippen molar-refractivity contribution in [2.45, 2.75) is 12.6 Å². The number of hydrogen-bond acceptors (Lipinski definition) is 4. The Morgan fingerprint density at radius 3 is 2.76 bits per heavy atom. The number of nitrogens with zero attached hydrogens (tertiary/aromatic N) is 3. The van der Waals surface area contributed by atoms with E-state index < -0.39 is 18.0 Å². The molecule has 25 heavy (non-hydrogen) atoms. The van der Waals surface area contributed by atoms with Gasteiger partial charge in [-0.25, -0.2) is 9.38 Å². The number of aliphatic hydroxyl groups is 1. The van der Waals surface area contributed by atoms with Crippen molar-refractivity contribution in [3.05, 3.63) is 64.4 Å². The van der Waals surface area contributed by atoms with Crippen LogP contribution >= 0.6 is 11.6 Å². The largest absolute Gasteiger partial charge is 0.364 e. The van der Waals surface area contributed by atoms with Crippen molar-refractivity contribution in [1.82, 2.24) is 0 Å². The number of aliphatic hydroxyl groups excluding tert-OH is 1. The van der Waals surface area contributed by atoms with E-state index in [0.29, 0.717) is 16.3 Å². The lowest BCUT2D eigenvalue weighted by atomic mass is 9.99. The minimum Gasteiger partial charge on any atom is -0.364 e. The van der Waals surface area contributed by atoms with Crippen LogP contribution in [0.5, 0.6) is 0 Å². The van der Waals surface area contributed by atoms with Gasteiger partial charge in [-0.05, 0) is 30.3 Å². The molecule has 5 nitrogen and oxygen atoms in total. The van der Waals surface area contributed by atoms with E-state index in [9.17, 15) is 14.3 Å². The van der Waals surface area contributed by atoms with Gasteiger partial charge < -0.3 is 10.0 Å². The van der Waals surface area contributed by atoms with E-state index in [0.717, 1.165) is 0 Å². The summed E-state index contributed by atoms with van der Waals surface area (Å²) in [5.41, 5.74) is 1.12. The summed E-state index contributed by atoms with van der Waals surface area (Å²) in [5, 5.41) is 19.4. The van der Waals surface area contributed by atoms with E-state index in [1.165, 1.54) is 23.1 Å². The highest BCUT2D eigenvalue weighted by molar-refractivity contribution is 6.32. The molecule has 0 radical (unpaired) electrons. The van der Waals surface area contributed by atoms with Crippen molar-refractivity contribution >= 4 is 28.9 Å². The SMILES string of the molecule is N#CCCN1C(=O)[C@@H](O)N=C(c2ccccc2F)c2cc(Cl)ccc21. The Morgan fingerprint density at radius 1 is 1.28 bits per heavy atom. The van der Waals surface area contributed by atoms with Crippen LogP contribution in [-0.4, -0.2) is 29.5 Å². The molecule has 0 saturated carbocycles. The van der Waals surface area contributed by atoms with E-state index in [-0.39, 0.29) is 24.2 Å². The second-order valence-corrected chi connectivity index (χ2v) is 5.83. The summed E-state index contributed by atoms with van der Waals surface area (Å²) in [6.07, 6.45) is -1.62. The molecule has 7 heteroatoms. The fraction of sp³-hybridized carbons (Fsp3) is 0.167. The Labute approximate surface area is 148 Å². The number of carbonyl (C=O) groups excluding carboxylic acids is 1. The number of anilines is 1. The first-order valence-electron chi connectivity index (χ1n) is 7.52. The topological polar surface area (TPSA) is 76.7 Å². The average molecular weight is 358 g/mol. The Bertz CT molecular complexity index is 907. The molecule has 1 aliphatic heterocycles. The Morgan fingerprint density at radius 2 is 2.04 bits per heavy atom. The fourth-order valence-electron chi connectivity index (χ4n) is 2.70. The number of rotatable bonds is 3. The van der Waals surface area contributed by atoms with E-state index in [4.69, 9.17) is 16.9 Å². The average Bonchev–Trinajstić information content (AvgIpc) is 2.70. The van der Waals surface area contributed by atoms with Gasteiger partial charge in [-0.15, -0.1) is 0 Å². The highest BCUT2D eigenvalue weighted by atomic mass is 35.5. The number of fused-ring (bicyclic) bond motifs is 1. The molecule has 1 heterocycles. The standard InChI is InChI=1S/C18H13ClFN3O2/c19-11-6-7-15-13(10-11)16(12-4-1-2-5-14(12)20)22-17(24)18(25)23(15)9-3-8-21/h1-2,4-7,10,17,24H,3,9H2/t17-/m1/s1. The molecule has 0 unspecified atom stereocenters. The minimum absolute atomic E-state index is 0.0789. The lowest BCUT2D eigenvalue weighted by molar-refractivity contribution is -0.126. The van der Waals surface area contributed by atoms with Crippen molar-refractivity contribution in [3.63, 3.8) is 0 Å². The molecule has 0 bridgehead atoms. The maximum Gasteiger partial charge on any atom is 0.278 e. The number of hydrogen-bond donors (Lipinski definition) is 1. The molecule has 2 aromatic rings. The third-order valence-electron chi connectivity index (χ3n) is 3.82. The maximum atomic E-state index is 14.3. The van der Waals surface area contributed by atoms with Gasteiger partial charge in [-0.1, -0.05) is 23.7 Å². The quantitative estimate of drug-likeness (QED) is 0.917. The first-order chi connectivity index (χ1) is 12.0. The molecule has 1 aliphatic rings. The van der Waals surface area contributed by atoms with Gasteiger partial charge in [0.05, 0.1) is 23.9 Å². The summed E-state index contributed by atoms with van der Waals surface area (Å²) in [6, 6.07) is 12.7. The zero-order valence-corrected chi connectivity index (χ0v) is 13.7. The van der Waals surface area contributed by atoms with Crippen LogP contribution in [0.1, 0.15) is 17.5 Å². The summed E-state index contributed by atoms with van der Waals surface area (Å²) in [5.74, 6) is -1.21. The third-order valence-corrected chi connectivity index (χ3v) is 4.05. The van der Waals surface area contributed by atoms with Crippen LogP contribution in [0, 0.1) is 17.1 Å². The monoisotopic (exact) mass is 357 g/mol. The van der Waals surface area contributed by atoms with Crippen molar-refractivity contribution in [2.75, 3.05) is 11.4 Å². The van der Waals surface area contributed by atoms with E-state index in [1.54, 1.807) is 24.3 Å². The number of halogens is 2. The molecular formula is C18H13ClFN3O2. The van der Waals surface area contributed by atoms with Crippen molar-refractivity contribution < 1.29 is 14.3 Å². The summed E-state index contributed by atoms with van der Waals surface area (Å²) in [6.45, 7) is 0.0844. The molecule has 2 aromatic carbocycles. The van der Waals surface area contributed by atoms with E-state index in [2.05, 4.69) is 4.99 Å². The second kappa shape index (κ2) is 7.01. The Balaban J connectivity index is 2.24. The highest BCUT2D eigenvalue weighted by Crippen LogP contribution is 2.31. The van der Waals surface area contributed by atoms with Crippen LogP contribution in [0.25, 0.3) is 0 Å². The lowest BCUT2D eigenvalue weighted by Gasteiger charge is -2.23. The Kier molecular flexibility index (Phi) is 4.79. The molecule has 0 aliphatic carbocycles. The van der Waals surface area contributed by atoms with Crippen LogP contribution in [0.4, 0.5) is 10.1 Å². The van der Waals surface area contributed by atoms with Gasteiger partial charge >= 0.3 is 0 Å². The molecule has 126 valence electrons. The van der Waals surface area contributed by atoms with Gasteiger partial charge in [-0.3, -0.25) is 4.79 Å². The highest BCUT2D eigenvalue weighted by Gasteiger charge is 2.31. The lowest BCUT2D eigenvalue weighted by Crippen LogP contribution is -2.38. The first-order valence-corrected chi connectivity index (χ1v) is 7.89. The predicted octanol–water partition coefficient (Wildman–Crippen LogP) is 2.90. The van der Waals surface area contributed by atoms with Gasteiger partial charge in [0.25, 0.3) is 5.91 Å². The summed E-state index contributed by atoms with van der Waals surface area (Å²) in [4.78, 5) is 17.8. The number of carbonyl (C=O) groups is 1. The van der Waals surface area contributed by atoms with Crippen LogP contribution in [0.2, 0.25) is 5.02 Å². The summed E-state index contributed by atoms with van der Waals surface area (Å²) >= 11 is 6.08. The van der Waals surface area contributed by atoms with Gasteiger partial charge in [0, 0.05) is 22.7 Å². The molecule has 0 fully saturated rings. The number of nitriles is 1. The van der Waals surface area contributed by atoms with Gasteiger partial charge in [-0.2, -0.15) is 5.26 Å². The summed E-state index contributed by atoms with van der Waals surface area (Å²) in [7, 11) is 0.